The molecule has 0 aliphatic heterocycles. The fraction of sp³-hybridized carbons (Fsp3) is 0.0909. The zero-order valence-corrected chi connectivity index (χ0v) is 10.9. The molecule has 2 rings (SSSR count). The fourth-order valence-corrected chi connectivity index (χ4v) is 1.59. The highest BCUT2D eigenvalue weighted by Gasteiger charge is 2.09. The maximum atomic E-state index is 12.9. The molecule has 0 radical (unpaired) electrons. The van der Waals surface area contributed by atoms with E-state index in [-0.39, 0.29) is 17.4 Å². The maximum absolute atomic E-state index is 12.9. The SMILES string of the molecule is COc1nc(Oc2ccc(F)cc2N)ncc1Br. The summed E-state index contributed by atoms with van der Waals surface area (Å²) in [7, 11) is 1.48. The number of hydrogen-bond acceptors (Lipinski definition) is 5. The zero-order valence-electron chi connectivity index (χ0n) is 9.35. The van der Waals surface area contributed by atoms with Gasteiger partial charge >= 0.3 is 6.01 Å². The third-order valence-corrected chi connectivity index (χ3v) is 2.60. The molecule has 7 heteroatoms. The lowest BCUT2D eigenvalue weighted by Crippen LogP contribution is -1.98. The summed E-state index contributed by atoms with van der Waals surface area (Å²) in [6.07, 6.45) is 1.49. The Labute approximate surface area is 111 Å². The van der Waals surface area contributed by atoms with E-state index in [1.54, 1.807) is 0 Å². The monoisotopic (exact) mass is 313 g/mol. The van der Waals surface area contributed by atoms with E-state index in [1.807, 2.05) is 0 Å². The highest BCUT2D eigenvalue weighted by molar-refractivity contribution is 9.10. The van der Waals surface area contributed by atoms with Gasteiger partial charge in [0.15, 0.2) is 5.75 Å². The number of aromatic nitrogens is 2. The average Bonchev–Trinajstić information content (AvgIpc) is 2.35. The van der Waals surface area contributed by atoms with Crippen molar-refractivity contribution in [3.05, 3.63) is 34.7 Å². The second kappa shape index (κ2) is 5.18. The molecular formula is C11H9BrFN3O2. The van der Waals surface area contributed by atoms with Gasteiger partial charge in [-0.05, 0) is 28.1 Å². The van der Waals surface area contributed by atoms with Crippen molar-refractivity contribution in [2.45, 2.75) is 0 Å². The molecule has 2 N–H and O–H groups in total. The van der Waals surface area contributed by atoms with Crippen LogP contribution < -0.4 is 15.2 Å². The first-order valence-corrected chi connectivity index (χ1v) is 5.69. The number of nitrogen functional groups attached to an aromatic ring is 1. The Kier molecular flexibility index (Phi) is 3.61. The van der Waals surface area contributed by atoms with E-state index in [1.165, 1.54) is 25.4 Å². The summed E-state index contributed by atoms with van der Waals surface area (Å²) in [5, 5.41) is 0. The number of nitrogens with zero attached hydrogens (tertiary/aromatic N) is 2. The van der Waals surface area contributed by atoms with Gasteiger partial charge in [-0.3, -0.25) is 0 Å². The lowest BCUT2D eigenvalue weighted by molar-refractivity contribution is 0.374. The Hall–Kier alpha value is -1.89. The summed E-state index contributed by atoms with van der Waals surface area (Å²) in [6, 6.07) is 3.86. The highest BCUT2D eigenvalue weighted by atomic mass is 79.9. The van der Waals surface area contributed by atoms with Gasteiger partial charge < -0.3 is 15.2 Å². The van der Waals surface area contributed by atoms with Crippen molar-refractivity contribution in [1.29, 1.82) is 0 Å². The third kappa shape index (κ3) is 2.67. The molecule has 18 heavy (non-hydrogen) atoms. The van der Waals surface area contributed by atoms with E-state index in [0.717, 1.165) is 6.07 Å². The summed E-state index contributed by atoms with van der Waals surface area (Å²) in [4.78, 5) is 7.93. The first kappa shape index (κ1) is 12.6. The van der Waals surface area contributed by atoms with Crippen molar-refractivity contribution in [1.82, 2.24) is 9.97 Å². The summed E-state index contributed by atoms with van der Waals surface area (Å²) in [5.41, 5.74) is 5.78. The van der Waals surface area contributed by atoms with Crippen LogP contribution in [0.4, 0.5) is 10.1 Å². The largest absolute Gasteiger partial charge is 0.480 e. The molecule has 0 atom stereocenters. The number of anilines is 1. The van der Waals surface area contributed by atoms with Crippen molar-refractivity contribution < 1.29 is 13.9 Å². The zero-order chi connectivity index (χ0) is 13.1. The Morgan fingerprint density at radius 1 is 1.39 bits per heavy atom. The van der Waals surface area contributed by atoms with E-state index >= 15 is 0 Å². The van der Waals surface area contributed by atoms with E-state index in [2.05, 4.69) is 25.9 Å². The number of hydrogen-bond donors (Lipinski definition) is 1. The molecule has 1 aromatic heterocycles. The minimum absolute atomic E-state index is 0.0633. The Bertz CT molecular complexity index is 580. The average molecular weight is 314 g/mol. The van der Waals surface area contributed by atoms with Crippen molar-refractivity contribution >= 4 is 21.6 Å². The van der Waals surface area contributed by atoms with Crippen molar-refractivity contribution in [2.24, 2.45) is 0 Å². The standard InChI is InChI=1S/C11H9BrFN3O2/c1-17-10-7(12)5-15-11(16-10)18-9-3-2-6(13)4-8(9)14/h2-5H,14H2,1H3. The van der Waals surface area contributed by atoms with Crippen LogP contribution in [0.3, 0.4) is 0 Å². The lowest BCUT2D eigenvalue weighted by atomic mass is 10.3. The third-order valence-electron chi connectivity index (χ3n) is 2.06. The van der Waals surface area contributed by atoms with Crippen LogP contribution >= 0.6 is 15.9 Å². The van der Waals surface area contributed by atoms with Crippen LogP contribution in [0.15, 0.2) is 28.9 Å². The minimum atomic E-state index is -0.436. The number of benzene rings is 1. The number of methoxy groups -OCH3 is 1. The molecule has 0 amide bonds. The first-order valence-electron chi connectivity index (χ1n) is 4.89. The predicted octanol–water partition coefficient (Wildman–Crippen LogP) is 2.76. The van der Waals surface area contributed by atoms with Gasteiger partial charge in [-0.1, -0.05) is 0 Å². The van der Waals surface area contributed by atoms with Crippen LogP contribution in [-0.2, 0) is 0 Å². The Morgan fingerprint density at radius 3 is 2.83 bits per heavy atom. The van der Waals surface area contributed by atoms with Crippen LogP contribution in [0.2, 0.25) is 0 Å². The van der Waals surface area contributed by atoms with Crippen LogP contribution in [0, 0.1) is 5.82 Å². The van der Waals surface area contributed by atoms with E-state index in [9.17, 15) is 4.39 Å². The number of rotatable bonds is 3. The molecule has 94 valence electrons. The van der Waals surface area contributed by atoms with Gasteiger partial charge in [-0.15, -0.1) is 0 Å². The fourth-order valence-electron chi connectivity index (χ4n) is 1.24. The summed E-state index contributed by atoms with van der Waals surface area (Å²) in [6.45, 7) is 0. The van der Waals surface area contributed by atoms with Gasteiger partial charge in [-0.25, -0.2) is 9.37 Å². The van der Waals surface area contributed by atoms with Crippen LogP contribution in [0.25, 0.3) is 0 Å². The highest BCUT2D eigenvalue weighted by Crippen LogP contribution is 2.28. The second-order valence-electron chi connectivity index (χ2n) is 3.29. The molecule has 2 aromatic rings. The minimum Gasteiger partial charge on any atom is -0.480 e. The van der Waals surface area contributed by atoms with Crippen LogP contribution in [0.5, 0.6) is 17.6 Å². The van der Waals surface area contributed by atoms with Gasteiger partial charge in [0.05, 0.1) is 23.5 Å². The molecule has 5 nitrogen and oxygen atoms in total. The number of nitrogens with two attached hydrogens (primary N) is 1. The Balaban J connectivity index is 2.28. The molecule has 0 saturated carbocycles. The molecule has 0 bridgehead atoms. The van der Waals surface area contributed by atoms with Crippen LogP contribution in [-0.4, -0.2) is 17.1 Å². The smallest absolute Gasteiger partial charge is 0.325 e. The van der Waals surface area contributed by atoms with Gasteiger partial charge in [0, 0.05) is 6.07 Å². The second-order valence-corrected chi connectivity index (χ2v) is 4.15. The molecule has 0 unspecified atom stereocenters. The lowest BCUT2D eigenvalue weighted by Gasteiger charge is -2.08. The molecule has 0 saturated heterocycles. The summed E-state index contributed by atoms with van der Waals surface area (Å²) in [5.74, 6) is 0.176. The molecule has 0 spiro atoms. The quantitative estimate of drug-likeness (QED) is 0.882. The molecule has 0 aliphatic carbocycles. The Morgan fingerprint density at radius 2 is 2.17 bits per heavy atom. The maximum Gasteiger partial charge on any atom is 0.325 e. The first-order chi connectivity index (χ1) is 8.60. The van der Waals surface area contributed by atoms with Gasteiger partial charge in [0.1, 0.15) is 5.82 Å². The normalized spacial score (nSPS) is 10.2. The van der Waals surface area contributed by atoms with E-state index in [0.29, 0.717) is 10.4 Å². The molecule has 1 heterocycles. The predicted molar refractivity (Wildman–Crippen MR) is 67.2 cm³/mol. The number of ether oxygens (including phenoxy) is 2. The van der Waals surface area contributed by atoms with E-state index < -0.39 is 5.82 Å². The summed E-state index contributed by atoms with van der Waals surface area (Å²) >= 11 is 3.22. The topological polar surface area (TPSA) is 70.3 Å². The van der Waals surface area contributed by atoms with E-state index in [4.69, 9.17) is 15.2 Å². The molecule has 0 aliphatic rings. The summed E-state index contributed by atoms with van der Waals surface area (Å²) < 4.78 is 23.8. The van der Waals surface area contributed by atoms with Crippen molar-refractivity contribution in [3.8, 4) is 17.6 Å². The molecule has 0 fully saturated rings. The van der Waals surface area contributed by atoms with Crippen molar-refractivity contribution in [3.63, 3.8) is 0 Å². The van der Waals surface area contributed by atoms with Gasteiger partial charge in [-0.2, -0.15) is 4.98 Å². The number of halogens is 2. The molecular weight excluding hydrogens is 305 g/mol. The van der Waals surface area contributed by atoms with Gasteiger partial charge in [0.2, 0.25) is 5.88 Å². The van der Waals surface area contributed by atoms with Crippen LogP contribution in [0.1, 0.15) is 0 Å². The molecule has 1 aromatic carbocycles. The van der Waals surface area contributed by atoms with Gasteiger partial charge in [0.25, 0.3) is 0 Å². The van der Waals surface area contributed by atoms with Crippen molar-refractivity contribution in [2.75, 3.05) is 12.8 Å².